The van der Waals surface area contributed by atoms with Crippen molar-refractivity contribution in [3.8, 4) is 0 Å². The van der Waals surface area contributed by atoms with E-state index in [4.69, 9.17) is 5.84 Å². The lowest BCUT2D eigenvalue weighted by Gasteiger charge is -2.17. The van der Waals surface area contributed by atoms with Gasteiger partial charge in [0, 0.05) is 23.3 Å². The van der Waals surface area contributed by atoms with Gasteiger partial charge in [0.15, 0.2) is 5.13 Å². The number of hydrogen-bond acceptors (Lipinski definition) is 5. The van der Waals surface area contributed by atoms with Gasteiger partial charge >= 0.3 is 0 Å². The van der Waals surface area contributed by atoms with Crippen LogP contribution < -0.4 is 16.2 Å². The normalized spacial score (nSPS) is 13.8. The van der Waals surface area contributed by atoms with Crippen molar-refractivity contribution >= 4 is 22.2 Å². The Balaban J connectivity index is 1.79. The highest BCUT2D eigenvalue weighted by molar-refractivity contribution is 7.15. The van der Waals surface area contributed by atoms with Gasteiger partial charge in [-0.25, -0.2) is 10.8 Å². The Hall–Kier alpha value is -1.59. The average Bonchev–Trinajstić information content (AvgIpc) is 2.97. The molecule has 0 bridgehead atoms. The second kappa shape index (κ2) is 4.35. The number of nitrogens with one attached hydrogen (secondary N) is 1. The van der Waals surface area contributed by atoms with E-state index in [2.05, 4.69) is 39.6 Å². The predicted molar refractivity (Wildman–Crippen MR) is 71.1 cm³/mol. The minimum Gasteiger partial charge on any atom is -0.366 e. The number of para-hydroxylation sites is 1. The molecule has 0 amide bonds. The van der Waals surface area contributed by atoms with E-state index in [1.807, 2.05) is 6.20 Å². The van der Waals surface area contributed by atoms with Gasteiger partial charge in [0.05, 0.1) is 6.54 Å². The van der Waals surface area contributed by atoms with Crippen LogP contribution in [0.25, 0.3) is 0 Å². The fraction of sp³-hybridized carbons (Fsp3) is 0.250. The van der Waals surface area contributed by atoms with Gasteiger partial charge in [0.25, 0.3) is 0 Å². The Morgan fingerprint density at radius 3 is 3.12 bits per heavy atom. The van der Waals surface area contributed by atoms with Crippen molar-refractivity contribution in [2.24, 2.45) is 5.84 Å². The third-order valence-corrected chi connectivity index (χ3v) is 3.92. The molecule has 4 nitrogen and oxygen atoms in total. The van der Waals surface area contributed by atoms with E-state index >= 15 is 0 Å². The quantitative estimate of drug-likeness (QED) is 0.642. The fourth-order valence-electron chi connectivity index (χ4n) is 2.21. The number of aromatic nitrogens is 1. The van der Waals surface area contributed by atoms with E-state index in [0.717, 1.165) is 24.6 Å². The van der Waals surface area contributed by atoms with E-state index in [0.29, 0.717) is 0 Å². The molecule has 0 spiro atoms. The molecule has 1 aromatic carbocycles. The summed E-state index contributed by atoms with van der Waals surface area (Å²) in [6.45, 7) is 2.00. The summed E-state index contributed by atoms with van der Waals surface area (Å²) >= 11 is 1.61. The van der Waals surface area contributed by atoms with E-state index in [-0.39, 0.29) is 0 Å². The lowest BCUT2D eigenvalue weighted by Crippen LogP contribution is -2.18. The Morgan fingerprint density at radius 2 is 2.29 bits per heavy atom. The standard InChI is InChI=1S/C12H14N4S/c13-15-12-14-7-10(17-12)8-16-6-5-9-3-1-2-4-11(9)16/h1-4,7H,5-6,8,13H2,(H,14,15). The molecule has 5 heteroatoms. The smallest absolute Gasteiger partial charge is 0.197 e. The van der Waals surface area contributed by atoms with Gasteiger partial charge in [-0.05, 0) is 18.1 Å². The van der Waals surface area contributed by atoms with E-state index in [1.54, 1.807) is 11.3 Å². The molecule has 88 valence electrons. The molecule has 0 radical (unpaired) electrons. The Labute approximate surface area is 104 Å². The molecule has 3 rings (SSSR count). The van der Waals surface area contributed by atoms with Crippen LogP contribution in [0.2, 0.25) is 0 Å². The summed E-state index contributed by atoms with van der Waals surface area (Å²) in [7, 11) is 0. The number of benzene rings is 1. The fourth-order valence-corrected chi connectivity index (χ4v) is 2.94. The maximum Gasteiger partial charge on any atom is 0.197 e. The molecular weight excluding hydrogens is 232 g/mol. The first kappa shape index (κ1) is 10.6. The molecule has 1 aromatic heterocycles. The molecule has 0 aliphatic carbocycles. The Morgan fingerprint density at radius 1 is 1.41 bits per heavy atom. The number of thiazole rings is 1. The minimum atomic E-state index is 0.771. The van der Waals surface area contributed by atoms with Gasteiger partial charge in [-0.15, -0.1) is 0 Å². The van der Waals surface area contributed by atoms with Crippen LogP contribution >= 0.6 is 11.3 Å². The lowest BCUT2D eigenvalue weighted by atomic mass is 10.2. The highest BCUT2D eigenvalue weighted by Gasteiger charge is 2.18. The topological polar surface area (TPSA) is 54.2 Å². The molecular formula is C12H14N4S. The van der Waals surface area contributed by atoms with E-state index in [1.165, 1.54) is 16.1 Å². The summed E-state index contributed by atoms with van der Waals surface area (Å²) in [6, 6.07) is 8.59. The van der Waals surface area contributed by atoms with E-state index < -0.39 is 0 Å². The lowest BCUT2D eigenvalue weighted by molar-refractivity contribution is 0.844. The van der Waals surface area contributed by atoms with Gasteiger partial charge < -0.3 is 4.90 Å². The molecule has 0 fully saturated rings. The van der Waals surface area contributed by atoms with Crippen LogP contribution in [0.1, 0.15) is 10.4 Å². The second-order valence-corrected chi connectivity index (χ2v) is 5.19. The number of nitrogens with two attached hydrogens (primary N) is 1. The van der Waals surface area contributed by atoms with Crippen LogP contribution in [-0.2, 0) is 13.0 Å². The van der Waals surface area contributed by atoms with Crippen LogP contribution in [0.4, 0.5) is 10.8 Å². The number of hydrogen-bond donors (Lipinski definition) is 2. The first-order valence-corrected chi connectivity index (χ1v) is 6.42. The maximum atomic E-state index is 5.33. The van der Waals surface area contributed by atoms with Gasteiger partial charge in [-0.1, -0.05) is 29.5 Å². The van der Waals surface area contributed by atoms with Gasteiger partial charge in [0.1, 0.15) is 0 Å². The van der Waals surface area contributed by atoms with Gasteiger partial charge in [0.2, 0.25) is 0 Å². The first-order chi connectivity index (χ1) is 8.36. The monoisotopic (exact) mass is 246 g/mol. The van der Waals surface area contributed by atoms with E-state index in [9.17, 15) is 0 Å². The van der Waals surface area contributed by atoms with Crippen LogP contribution in [0.5, 0.6) is 0 Å². The zero-order chi connectivity index (χ0) is 11.7. The van der Waals surface area contributed by atoms with Crippen molar-refractivity contribution in [1.82, 2.24) is 4.98 Å². The number of anilines is 2. The number of fused-ring (bicyclic) bond motifs is 1. The summed E-state index contributed by atoms with van der Waals surface area (Å²) in [6.07, 6.45) is 3.03. The second-order valence-electron chi connectivity index (χ2n) is 4.08. The van der Waals surface area contributed by atoms with Crippen molar-refractivity contribution in [2.45, 2.75) is 13.0 Å². The summed E-state index contributed by atoms with van der Waals surface area (Å²) in [5.41, 5.74) is 5.37. The van der Waals surface area contributed by atoms with Crippen molar-refractivity contribution in [3.63, 3.8) is 0 Å². The molecule has 17 heavy (non-hydrogen) atoms. The van der Waals surface area contributed by atoms with Crippen molar-refractivity contribution in [3.05, 3.63) is 40.9 Å². The molecule has 0 saturated heterocycles. The number of nitrogens with zero attached hydrogens (tertiary/aromatic N) is 2. The van der Waals surface area contributed by atoms with Crippen LogP contribution in [0, 0.1) is 0 Å². The summed E-state index contributed by atoms with van der Waals surface area (Å²) in [4.78, 5) is 7.81. The van der Waals surface area contributed by atoms with Crippen LogP contribution in [-0.4, -0.2) is 11.5 Å². The predicted octanol–water partition coefficient (Wildman–Crippen LogP) is 1.99. The van der Waals surface area contributed by atoms with Crippen molar-refractivity contribution in [2.75, 3.05) is 16.9 Å². The molecule has 0 unspecified atom stereocenters. The van der Waals surface area contributed by atoms with Crippen molar-refractivity contribution < 1.29 is 0 Å². The van der Waals surface area contributed by atoms with Crippen LogP contribution in [0.15, 0.2) is 30.5 Å². The molecule has 0 atom stereocenters. The summed E-state index contributed by atoms with van der Waals surface area (Å²) in [5, 5.41) is 0.771. The van der Waals surface area contributed by atoms with Crippen molar-refractivity contribution in [1.29, 1.82) is 0 Å². The highest BCUT2D eigenvalue weighted by atomic mass is 32.1. The zero-order valence-corrected chi connectivity index (χ0v) is 10.2. The molecule has 2 aromatic rings. The third kappa shape index (κ3) is 1.99. The number of rotatable bonds is 3. The molecule has 2 heterocycles. The first-order valence-electron chi connectivity index (χ1n) is 5.61. The third-order valence-electron chi connectivity index (χ3n) is 3.01. The Bertz CT molecular complexity index is 523. The Kier molecular flexibility index (Phi) is 2.70. The summed E-state index contributed by atoms with van der Waals surface area (Å²) < 4.78 is 0. The largest absolute Gasteiger partial charge is 0.366 e. The minimum absolute atomic E-state index is 0.771. The zero-order valence-electron chi connectivity index (χ0n) is 9.39. The molecule has 1 aliphatic heterocycles. The molecule has 0 saturated carbocycles. The molecule has 3 N–H and O–H groups in total. The van der Waals surface area contributed by atoms with Gasteiger partial charge in [-0.3, -0.25) is 5.43 Å². The summed E-state index contributed by atoms with van der Waals surface area (Å²) in [5.74, 6) is 5.33. The van der Waals surface area contributed by atoms with Gasteiger partial charge in [-0.2, -0.15) is 0 Å². The number of hydrazine groups is 1. The molecule has 1 aliphatic rings. The van der Waals surface area contributed by atoms with Crippen LogP contribution in [0.3, 0.4) is 0 Å². The maximum absolute atomic E-state index is 5.33. The highest BCUT2D eigenvalue weighted by Crippen LogP contribution is 2.30. The average molecular weight is 246 g/mol. The number of nitrogen functional groups attached to an aromatic ring is 1. The SMILES string of the molecule is NNc1ncc(CN2CCc3ccccc32)s1.